The number of nitrogens with zero attached hydrogens (tertiary/aromatic N) is 1. The highest BCUT2D eigenvalue weighted by molar-refractivity contribution is 14.1. The molecule has 17 heavy (non-hydrogen) atoms. The van der Waals surface area contributed by atoms with Crippen molar-refractivity contribution >= 4 is 56.1 Å². The highest BCUT2D eigenvalue weighted by atomic mass is 127. The number of benzene rings is 1. The minimum atomic E-state index is -0.963. The Morgan fingerprint density at radius 2 is 2.12 bits per heavy atom. The van der Waals surface area contributed by atoms with Crippen molar-refractivity contribution in [2.45, 2.75) is 0 Å². The van der Waals surface area contributed by atoms with E-state index in [4.69, 9.17) is 16.7 Å². The minimum Gasteiger partial charge on any atom is -0.477 e. The van der Waals surface area contributed by atoms with Gasteiger partial charge in [-0.25, -0.2) is 4.79 Å². The molecule has 1 aromatic heterocycles. The number of hydrogen-bond acceptors (Lipinski definition) is 1. The summed E-state index contributed by atoms with van der Waals surface area (Å²) < 4.78 is 3.23. The maximum Gasteiger partial charge on any atom is 0.352 e. The van der Waals surface area contributed by atoms with Gasteiger partial charge in [-0.15, -0.1) is 0 Å². The van der Waals surface area contributed by atoms with Crippen LogP contribution < -0.4 is 0 Å². The second kappa shape index (κ2) is 4.99. The molecule has 0 atom stereocenters. The molecule has 6 heteroatoms. The number of hydrogen-bond donors (Lipinski definition) is 1. The first-order valence-electron chi connectivity index (χ1n) is 4.55. The van der Waals surface area contributed by atoms with Crippen LogP contribution in [0.15, 0.2) is 34.9 Å². The van der Waals surface area contributed by atoms with Gasteiger partial charge in [-0.1, -0.05) is 11.6 Å². The molecule has 0 saturated heterocycles. The smallest absolute Gasteiger partial charge is 0.352 e. The maximum absolute atomic E-state index is 11.1. The van der Waals surface area contributed by atoms with Crippen LogP contribution in [0, 0.1) is 3.57 Å². The molecule has 88 valence electrons. The second-order valence-corrected chi connectivity index (χ2v) is 5.85. The summed E-state index contributed by atoms with van der Waals surface area (Å²) in [5.41, 5.74) is 0.965. The number of rotatable bonds is 2. The van der Waals surface area contributed by atoms with E-state index in [1.54, 1.807) is 35.0 Å². The molecule has 2 aromatic rings. The first-order chi connectivity index (χ1) is 7.99. The highest BCUT2D eigenvalue weighted by Gasteiger charge is 2.14. The summed E-state index contributed by atoms with van der Waals surface area (Å²) in [5.74, 6) is -0.963. The zero-order valence-corrected chi connectivity index (χ0v) is 12.8. The lowest BCUT2D eigenvalue weighted by Crippen LogP contribution is -2.05. The van der Waals surface area contributed by atoms with Gasteiger partial charge in [-0.05, 0) is 62.8 Å². The van der Waals surface area contributed by atoms with E-state index in [2.05, 4.69) is 38.5 Å². The number of aromatic nitrogens is 1. The third-order valence-corrected chi connectivity index (χ3v) is 3.64. The summed E-state index contributed by atoms with van der Waals surface area (Å²) in [5, 5.41) is 9.72. The molecule has 2 rings (SSSR count). The minimum absolute atomic E-state index is 0.220. The van der Waals surface area contributed by atoms with Crippen LogP contribution >= 0.6 is 50.1 Å². The zero-order chi connectivity index (χ0) is 12.6. The normalized spacial score (nSPS) is 10.5. The van der Waals surface area contributed by atoms with Gasteiger partial charge in [0.2, 0.25) is 0 Å². The Hall–Kier alpha value is -0.530. The topological polar surface area (TPSA) is 42.2 Å². The molecule has 0 radical (unpaired) electrons. The number of carboxylic acids is 1. The summed E-state index contributed by atoms with van der Waals surface area (Å²) in [7, 11) is 0. The van der Waals surface area contributed by atoms with E-state index >= 15 is 0 Å². The Morgan fingerprint density at radius 3 is 2.71 bits per heavy atom. The predicted molar refractivity (Wildman–Crippen MR) is 78.2 cm³/mol. The van der Waals surface area contributed by atoms with Crippen LogP contribution in [-0.2, 0) is 0 Å². The van der Waals surface area contributed by atoms with Crippen molar-refractivity contribution in [2.24, 2.45) is 0 Å². The van der Waals surface area contributed by atoms with E-state index in [0.29, 0.717) is 5.02 Å². The summed E-state index contributed by atoms with van der Waals surface area (Å²) in [6, 6.07) is 6.84. The van der Waals surface area contributed by atoms with Crippen LogP contribution in [0.5, 0.6) is 0 Å². The van der Waals surface area contributed by atoms with E-state index in [9.17, 15) is 4.79 Å². The van der Waals surface area contributed by atoms with Crippen molar-refractivity contribution in [3.05, 3.63) is 49.2 Å². The van der Waals surface area contributed by atoms with E-state index in [1.165, 1.54) is 0 Å². The van der Waals surface area contributed by atoms with E-state index < -0.39 is 5.97 Å². The summed E-state index contributed by atoms with van der Waals surface area (Å²) >= 11 is 11.3. The molecule has 1 N–H and O–H groups in total. The molecule has 1 aromatic carbocycles. The van der Waals surface area contributed by atoms with Gasteiger partial charge >= 0.3 is 5.97 Å². The Morgan fingerprint density at radius 1 is 1.41 bits per heavy atom. The Labute approximate surface area is 125 Å². The predicted octanol–water partition coefficient (Wildman–Crippen LogP) is 4.20. The first kappa shape index (κ1) is 12.9. The molecule has 0 fully saturated rings. The van der Waals surface area contributed by atoms with Crippen LogP contribution in [0.3, 0.4) is 0 Å². The monoisotopic (exact) mass is 425 g/mol. The average Bonchev–Trinajstić information content (AvgIpc) is 2.60. The Bertz CT molecular complexity index is 597. The molecule has 0 aliphatic carbocycles. The first-order valence-corrected chi connectivity index (χ1v) is 6.80. The van der Waals surface area contributed by atoms with Gasteiger partial charge in [0.1, 0.15) is 5.69 Å². The largest absolute Gasteiger partial charge is 0.477 e. The van der Waals surface area contributed by atoms with E-state index in [-0.39, 0.29) is 5.69 Å². The molecule has 0 spiro atoms. The zero-order valence-electron chi connectivity index (χ0n) is 8.32. The maximum atomic E-state index is 11.1. The van der Waals surface area contributed by atoms with Crippen molar-refractivity contribution in [2.75, 3.05) is 0 Å². The lowest BCUT2D eigenvalue weighted by molar-refractivity contribution is 0.0688. The van der Waals surface area contributed by atoms with Crippen molar-refractivity contribution < 1.29 is 9.90 Å². The Balaban J connectivity index is 2.63. The van der Waals surface area contributed by atoms with Gasteiger partial charge in [0.15, 0.2) is 0 Å². The van der Waals surface area contributed by atoms with Crippen LogP contribution in [0.1, 0.15) is 10.5 Å². The van der Waals surface area contributed by atoms with Crippen molar-refractivity contribution in [3.63, 3.8) is 0 Å². The van der Waals surface area contributed by atoms with Crippen LogP contribution in [0.2, 0.25) is 5.02 Å². The van der Waals surface area contributed by atoms with Crippen molar-refractivity contribution in [3.8, 4) is 5.69 Å². The van der Waals surface area contributed by atoms with Gasteiger partial charge in [0, 0.05) is 19.3 Å². The number of halogens is 3. The van der Waals surface area contributed by atoms with Crippen LogP contribution in [0.4, 0.5) is 0 Å². The molecular formula is C11H6BrClINO2. The van der Waals surface area contributed by atoms with Crippen LogP contribution in [0.25, 0.3) is 5.69 Å². The molecule has 0 amide bonds. The van der Waals surface area contributed by atoms with Crippen molar-refractivity contribution in [1.82, 2.24) is 4.57 Å². The lowest BCUT2D eigenvalue weighted by Gasteiger charge is -2.08. The molecule has 1 heterocycles. The molecule has 0 unspecified atom stereocenters. The lowest BCUT2D eigenvalue weighted by atomic mass is 10.3. The second-order valence-electron chi connectivity index (χ2n) is 3.31. The summed E-state index contributed by atoms with van der Waals surface area (Å²) in [6.45, 7) is 0. The van der Waals surface area contributed by atoms with Gasteiger partial charge < -0.3 is 9.67 Å². The summed E-state index contributed by atoms with van der Waals surface area (Å²) in [6.07, 6.45) is 1.76. The molecule has 0 saturated carbocycles. The van der Waals surface area contributed by atoms with Gasteiger partial charge in [-0.2, -0.15) is 0 Å². The number of carbonyl (C=O) groups is 1. The Kier molecular flexibility index (Phi) is 3.79. The van der Waals surface area contributed by atoms with Gasteiger partial charge in [0.25, 0.3) is 0 Å². The van der Waals surface area contributed by atoms with Crippen LogP contribution in [-0.4, -0.2) is 15.6 Å². The third-order valence-electron chi connectivity index (χ3n) is 2.17. The fourth-order valence-corrected chi connectivity index (χ4v) is 2.92. The standard InChI is InChI=1S/C11H6BrClINO2/c12-8-3-6(13)1-2-9(8)15-5-7(14)4-10(15)11(16)17/h1-5H,(H,16,17). The van der Waals surface area contributed by atoms with E-state index in [0.717, 1.165) is 13.7 Å². The molecule has 0 aliphatic rings. The third kappa shape index (κ3) is 2.66. The number of carboxylic acid groups (broad SMARTS) is 1. The average molecular weight is 426 g/mol. The molecule has 0 bridgehead atoms. The highest BCUT2D eigenvalue weighted by Crippen LogP contribution is 2.27. The van der Waals surface area contributed by atoms with Gasteiger partial charge in [0.05, 0.1) is 5.69 Å². The fourth-order valence-electron chi connectivity index (χ4n) is 1.47. The molecule has 0 aliphatic heterocycles. The van der Waals surface area contributed by atoms with Crippen molar-refractivity contribution in [1.29, 1.82) is 0 Å². The molecular weight excluding hydrogens is 420 g/mol. The quantitative estimate of drug-likeness (QED) is 0.732. The number of aromatic carboxylic acids is 1. The molecule has 3 nitrogen and oxygen atoms in total. The van der Waals surface area contributed by atoms with Gasteiger partial charge in [-0.3, -0.25) is 0 Å². The fraction of sp³-hybridized carbons (Fsp3) is 0. The summed E-state index contributed by atoms with van der Waals surface area (Å²) in [4.78, 5) is 11.1. The SMILES string of the molecule is O=C(O)c1cc(I)cn1-c1ccc(Cl)cc1Br. The van der Waals surface area contributed by atoms with E-state index in [1.807, 2.05) is 0 Å².